The van der Waals surface area contributed by atoms with Crippen LogP contribution in [0.2, 0.25) is 0 Å². The zero-order valence-electron chi connectivity index (χ0n) is 19.7. The topological polar surface area (TPSA) is 67.4 Å². The van der Waals surface area contributed by atoms with E-state index in [0.717, 1.165) is 83.6 Å². The third-order valence-corrected chi connectivity index (χ3v) is 6.20. The Kier molecular flexibility index (Phi) is 13.3. The van der Waals surface area contributed by atoms with Gasteiger partial charge in [0.2, 0.25) is 0 Å². The van der Waals surface area contributed by atoms with E-state index in [9.17, 15) is 0 Å². The quantitative estimate of drug-likeness (QED) is 0.187. The summed E-state index contributed by atoms with van der Waals surface area (Å²) in [4.78, 5) is 6.96. The molecule has 0 saturated carbocycles. The first kappa shape index (κ1) is 27.1. The number of aliphatic imine (C=N–C) groups is 1. The highest BCUT2D eigenvalue weighted by atomic mass is 127. The highest BCUT2D eigenvalue weighted by Gasteiger charge is 2.24. The van der Waals surface area contributed by atoms with E-state index < -0.39 is 0 Å². The van der Waals surface area contributed by atoms with Crippen LogP contribution in [0.15, 0.2) is 29.3 Å². The monoisotopic (exact) mass is 560 g/mol. The molecule has 2 aliphatic rings. The first-order valence-electron chi connectivity index (χ1n) is 11.8. The fourth-order valence-electron chi connectivity index (χ4n) is 4.32. The zero-order chi connectivity index (χ0) is 21.7. The Labute approximate surface area is 210 Å². The Bertz CT molecular complexity index is 664. The highest BCUT2D eigenvalue weighted by molar-refractivity contribution is 14.0. The molecule has 32 heavy (non-hydrogen) atoms. The molecule has 182 valence electrons. The molecule has 1 unspecified atom stereocenters. The average Bonchev–Trinajstić information content (AvgIpc) is 3.35. The number of hydrogen-bond acceptors (Lipinski definition) is 5. The Morgan fingerprint density at radius 3 is 2.72 bits per heavy atom. The number of nitrogens with one attached hydrogen (secondary N) is 2. The lowest BCUT2D eigenvalue weighted by molar-refractivity contribution is 0.0203. The number of likely N-dealkylation sites (tertiary alicyclic amines) is 1. The fraction of sp³-hybridized carbons (Fsp3) is 0.708. The van der Waals surface area contributed by atoms with E-state index in [1.807, 2.05) is 13.1 Å². The van der Waals surface area contributed by atoms with Crippen LogP contribution in [0, 0.1) is 5.92 Å². The van der Waals surface area contributed by atoms with Gasteiger partial charge in [-0.25, -0.2) is 0 Å². The Morgan fingerprint density at radius 1 is 1.22 bits per heavy atom. The molecular weight excluding hydrogens is 519 g/mol. The molecule has 8 heteroatoms. The van der Waals surface area contributed by atoms with Crippen molar-refractivity contribution in [3.8, 4) is 5.75 Å². The van der Waals surface area contributed by atoms with E-state index in [4.69, 9.17) is 14.2 Å². The number of nitrogens with zero attached hydrogens (tertiary/aromatic N) is 2. The molecule has 0 spiro atoms. The Morgan fingerprint density at radius 2 is 2.00 bits per heavy atom. The average molecular weight is 561 g/mol. The van der Waals surface area contributed by atoms with Gasteiger partial charge in [0.1, 0.15) is 5.75 Å². The van der Waals surface area contributed by atoms with Gasteiger partial charge in [0, 0.05) is 46.6 Å². The lowest BCUT2D eigenvalue weighted by Gasteiger charge is -2.29. The van der Waals surface area contributed by atoms with E-state index in [1.165, 1.54) is 18.4 Å². The second-order valence-electron chi connectivity index (χ2n) is 8.40. The maximum absolute atomic E-state index is 5.86. The predicted octanol–water partition coefficient (Wildman–Crippen LogP) is 3.45. The molecule has 1 atom stereocenters. The molecule has 0 radical (unpaired) electrons. The molecule has 2 aliphatic heterocycles. The molecule has 0 amide bonds. The van der Waals surface area contributed by atoms with Gasteiger partial charge in [0.25, 0.3) is 0 Å². The van der Waals surface area contributed by atoms with Crippen molar-refractivity contribution in [3.63, 3.8) is 0 Å². The van der Waals surface area contributed by atoms with Crippen molar-refractivity contribution >= 4 is 29.9 Å². The summed E-state index contributed by atoms with van der Waals surface area (Å²) in [7, 11) is 3.55. The summed E-state index contributed by atoms with van der Waals surface area (Å²) in [6.07, 6.45) is 5.75. The minimum Gasteiger partial charge on any atom is -0.497 e. The normalized spacial score (nSPS) is 18.8. The van der Waals surface area contributed by atoms with Crippen LogP contribution in [0.4, 0.5) is 0 Å². The maximum atomic E-state index is 5.86. The van der Waals surface area contributed by atoms with E-state index in [1.54, 1.807) is 7.11 Å². The van der Waals surface area contributed by atoms with Gasteiger partial charge in [-0.15, -0.1) is 24.0 Å². The Hall–Kier alpha value is -1.10. The number of methoxy groups -OCH3 is 1. The fourth-order valence-corrected chi connectivity index (χ4v) is 4.32. The van der Waals surface area contributed by atoms with Crippen LogP contribution in [0.5, 0.6) is 5.75 Å². The number of halogens is 1. The molecular formula is C24H41IN4O3. The summed E-state index contributed by atoms with van der Waals surface area (Å²) in [6.45, 7) is 7.33. The minimum atomic E-state index is 0. The number of benzene rings is 1. The van der Waals surface area contributed by atoms with Crippen LogP contribution in [0.25, 0.3) is 0 Å². The molecule has 2 fully saturated rings. The third-order valence-electron chi connectivity index (χ3n) is 6.20. The van der Waals surface area contributed by atoms with Crippen LogP contribution >= 0.6 is 24.0 Å². The molecule has 3 rings (SSSR count). The van der Waals surface area contributed by atoms with Crippen molar-refractivity contribution < 1.29 is 14.2 Å². The first-order chi connectivity index (χ1) is 15.3. The lowest BCUT2D eigenvalue weighted by Crippen LogP contribution is -2.43. The van der Waals surface area contributed by atoms with Crippen LogP contribution < -0.4 is 15.4 Å². The molecule has 2 N–H and O–H groups in total. The smallest absolute Gasteiger partial charge is 0.191 e. The number of guanidine groups is 1. The van der Waals surface area contributed by atoms with E-state index in [2.05, 4.69) is 38.7 Å². The maximum Gasteiger partial charge on any atom is 0.191 e. The van der Waals surface area contributed by atoms with Crippen LogP contribution in [0.3, 0.4) is 0 Å². The number of hydrogen-bond donors (Lipinski definition) is 2. The molecule has 2 saturated heterocycles. The van der Waals surface area contributed by atoms with Gasteiger partial charge < -0.3 is 24.8 Å². The molecule has 7 nitrogen and oxygen atoms in total. The van der Waals surface area contributed by atoms with Crippen molar-refractivity contribution in [2.45, 2.75) is 38.1 Å². The van der Waals surface area contributed by atoms with Crippen LogP contribution in [-0.4, -0.2) is 77.6 Å². The first-order valence-corrected chi connectivity index (χ1v) is 11.8. The summed E-state index contributed by atoms with van der Waals surface area (Å²) in [5, 5.41) is 6.95. The molecule has 0 aliphatic carbocycles. The largest absolute Gasteiger partial charge is 0.497 e. The van der Waals surface area contributed by atoms with Crippen molar-refractivity contribution in [1.82, 2.24) is 15.5 Å². The van der Waals surface area contributed by atoms with Crippen LogP contribution in [0.1, 0.15) is 43.7 Å². The van der Waals surface area contributed by atoms with E-state index >= 15 is 0 Å². The second kappa shape index (κ2) is 15.7. The second-order valence-corrected chi connectivity index (χ2v) is 8.40. The summed E-state index contributed by atoms with van der Waals surface area (Å²) >= 11 is 0. The highest BCUT2D eigenvalue weighted by Crippen LogP contribution is 2.27. The van der Waals surface area contributed by atoms with Gasteiger partial charge in [-0.3, -0.25) is 9.89 Å². The van der Waals surface area contributed by atoms with Gasteiger partial charge in [0.15, 0.2) is 5.96 Å². The zero-order valence-corrected chi connectivity index (χ0v) is 22.0. The minimum absolute atomic E-state index is 0. The summed E-state index contributed by atoms with van der Waals surface area (Å²) in [5.41, 5.74) is 1.28. The number of ether oxygens (including phenoxy) is 3. The standard InChI is InChI=1S/C24H40N4O3.HI/c1-25-24(26-11-6-14-31-19-20-9-15-30-16-10-20)27-18-23(28-12-3-4-13-28)21-7-5-8-22(17-21)29-2;/h5,7-8,17,20,23H,3-4,6,9-16,18-19H2,1-2H3,(H2,25,26,27);1H. The SMILES string of the molecule is CN=C(NCCCOCC1CCOCC1)NCC(c1cccc(OC)c1)N1CCCC1.I. The molecule has 1 aromatic rings. The van der Waals surface area contributed by atoms with E-state index in [0.29, 0.717) is 12.0 Å². The number of rotatable bonds is 11. The van der Waals surface area contributed by atoms with Crippen molar-refractivity contribution in [2.75, 3.05) is 66.8 Å². The summed E-state index contributed by atoms with van der Waals surface area (Å²) < 4.78 is 16.7. The van der Waals surface area contributed by atoms with Crippen LogP contribution in [-0.2, 0) is 9.47 Å². The van der Waals surface area contributed by atoms with Gasteiger partial charge in [0.05, 0.1) is 13.2 Å². The van der Waals surface area contributed by atoms with Gasteiger partial charge in [-0.2, -0.15) is 0 Å². The third kappa shape index (κ3) is 9.03. The van der Waals surface area contributed by atoms with Crippen molar-refractivity contribution in [3.05, 3.63) is 29.8 Å². The van der Waals surface area contributed by atoms with Crippen molar-refractivity contribution in [1.29, 1.82) is 0 Å². The van der Waals surface area contributed by atoms with E-state index in [-0.39, 0.29) is 24.0 Å². The molecule has 2 heterocycles. The summed E-state index contributed by atoms with van der Waals surface area (Å²) in [5.74, 6) is 2.41. The van der Waals surface area contributed by atoms with Gasteiger partial charge in [-0.1, -0.05) is 12.1 Å². The van der Waals surface area contributed by atoms with Gasteiger partial charge in [-0.05, 0) is 68.8 Å². The Balaban J connectivity index is 0.00000363. The van der Waals surface area contributed by atoms with Crippen molar-refractivity contribution in [2.24, 2.45) is 10.9 Å². The lowest BCUT2D eigenvalue weighted by atomic mass is 10.0. The molecule has 0 aromatic heterocycles. The molecule has 0 bridgehead atoms. The van der Waals surface area contributed by atoms with Gasteiger partial charge >= 0.3 is 0 Å². The predicted molar refractivity (Wildman–Crippen MR) is 140 cm³/mol. The molecule has 1 aromatic carbocycles. The summed E-state index contributed by atoms with van der Waals surface area (Å²) in [6, 6.07) is 8.72.